The molecule has 85 valence electrons. The molecule has 0 N–H and O–H groups in total. The number of allylic oxidation sites excluding steroid dienone is 3. The predicted molar refractivity (Wildman–Crippen MR) is 54.4 cm³/mol. The topological polar surface area (TPSA) is 9.23 Å². The van der Waals surface area contributed by atoms with Crippen LogP contribution in [0.3, 0.4) is 0 Å². The molecule has 0 aromatic carbocycles. The molecule has 0 saturated heterocycles. The molecule has 5 heteroatoms. The zero-order valence-electron chi connectivity index (χ0n) is 9.44. The molecule has 0 aromatic rings. The van der Waals surface area contributed by atoms with Crippen LogP contribution >= 0.6 is 0 Å². The van der Waals surface area contributed by atoms with Crippen molar-refractivity contribution in [2.45, 2.75) is 32.5 Å². The van der Waals surface area contributed by atoms with Crippen molar-refractivity contribution < 1.29 is 51.0 Å². The summed E-state index contributed by atoms with van der Waals surface area (Å²) >= 11 is 0. The van der Waals surface area contributed by atoms with E-state index in [0.717, 1.165) is 19.4 Å². The van der Waals surface area contributed by atoms with E-state index in [0.29, 0.717) is 0 Å². The first-order valence-electron chi connectivity index (χ1n) is 4.48. The average Bonchev–Trinajstić information content (AvgIpc) is 2.36. The van der Waals surface area contributed by atoms with E-state index in [4.69, 9.17) is 4.43 Å². The number of hydrogen-bond donors (Lipinski definition) is 0. The molecular formula is C10H17Cl2OSiTi. The van der Waals surface area contributed by atoms with Crippen molar-refractivity contribution in [3.8, 4) is 0 Å². The minimum atomic E-state index is -1.29. The van der Waals surface area contributed by atoms with Gasteiger partial charge in [-0.2, -0.15) is 6.08 Å². The van der Waals surface area contributed by atoms with Gasteiger partial charge in [0.15, 0.2) is 8.32 Å². The molecule has 15 heavy (non-hydrogen) atoms. The Morgan fingerprint density at radius 3 is 2.33 bits per heavy atom. The molecule has 0 aliphatic heterocycles. The standard InChI is InChI=1S/C10H17OSi.2ClH.Ti/c1-12(2,3)11-9-8-10-6-4-5-7-10;;;/h4,6H,5,8-9H2,1-3H3;2*1H;/q-1;;;+3/p-2. The second-order valence-corrected chi connectivity index (χ2v) is 8.53. The van der Waals surface area contributed by atoms with Crippen molar-refractivity contribution in [2.75, 3.05) is 6.61 Å². The van der Waals surface area contributed by atoms with Gasteiger partial charge < -0.3 is 29.2 Å². The Labute approximate surface area is 122 Å². The van der Waals surface area contributed by atoms with Crippen molar-refractivity contribution in [1.29, 1.82) is 0 Å². The van der Waals surface area contributed by atoms with E-state index in [1.54, 1.807) is 0 Å². The molecule has 0 saturated carbocycles. The first-order chi connectivity index (χ1) is 5.58. The van der Waals surface area contributed by atoms with Gasteiger partial charge in [-0.3, -0.25) is 6.08 Å². The normalized spacial score (nSPS) is 13.4. The molecule has 1 nitrogen and oxygen atoms in total. The molecule has 0 amide bonds. The Bertz CT molecular complexity index is 212. The monoisotopic (exact) mass is 299 g/mol. The van der Waals surface area contributed by atoms with Crippen LogP contribution in [0.1, 0.15) is 12.8 Å². The molecule has 1 aliphatic carbocycles. The summed E-state index contributed by atoms with van der Waals surface area (Å²) in [5.41, 5.74) is 1.31. The maximum atomic E-state index is 5.74. The minimum absolute atomic E-state index is 0. The Kier molecular flexibility index (Phi) is 14.4. The van der Waals surface area contributed by atoms with Crippen molar-refractivity contribution in [1.82, 2.24) is 0 Å². The van der Waals surface area contributed by atoms with E-state index in [2.05, 4.69) is 37.9 Å². The number of halogens is 2. The SMILES string of the molecule is C[Si](C)(C)OCCC1=[C-]CC=C1.[Cl-].[Cl-].[Ti+3]. The van der Waals surface area contributed by atoms with Crippen molar-refractivity contribution in [3.63, 3.8) is 0 Å². The first-order valence-corrected chi connectivity index (χ1v) is 7.89. The summed E-state index contributed by atoms with van der Waals surface area (Å²) in [6.07, 6.45) is 9.59. The quantitative estimate of drug-likeness (QED) is 0.395. The van der Waals surface area contributed by atoms with Crippen LogP contribution in [-0.2, 0) is 26.1 Å². The van der Waals surface area contributed by atoms with E-state index in [-0.39, 0.29) is 46.5 Å². The molecule has 0 fully saturated rings. The fourth-order valence-electron chi connectivity index (χ4n) is 1.09. The van der Waals surface area contributed by atoms with Crippen LogP contribution in [0.2, 0.25) is 19.6 Å². The van der Waals surface area contributed by atoms with Gasteiger partial charge >= 0.3 is 21.7 Å². The van der Waals surface area contributed by atoms with Crippen molar-refractivity contribution in [3.05, 3.63) is 23.8 Å². The van der Waals surface area contributed by atoms with E-state index in [1.807, 2.05) is 0 Å². The van der Waals surface area contributed by atoms with Crippen LogP contribution < -0.4 is 24.8 Å². The third-order valence-electron chi connectivity index (χ3n) is 1.67. The fraction of sp³-hybridized carbons (Fsp3) is 0.600. The maximum Gasteiger partial charge on any atom is 3.00 e. The van der Waals surface area contributed by atoms with E-state index < -0.39 is 8.32 Å². The second kappa shape index (κ2) is 10.1. The molecule has 0 heterocycles. The molecule has 0 aromatic heterocycles. The van der Waals surface area contributed by atoms with Gasteiger partial charge in [-0.15, -0.1) is 6.42 Å². The van der Waals surface area contributed by atoms with Crippen LogP contribution in [0.5, 0.6) is 0 Å². The van der Waals surface area contributed by atoms with Gasteiger partial charge in [-0.05, 0) is 26.1 Å². The molecule has 1 aliphatic rings. The molecule has 1 radical (unpaired) electrons. The third-order valence-corrected chi connectivity index (χ3v) is 2.74. The minimum Gasteiger partial charge on any atom is -1.00 e. The van der Waals surface area contributed by atoms with Crippen LogP contribution in [0.15, 0.2) is 17.7 Å². The summed E-state index contributed by atoms with van der Waals surface area (Å²) < 4.78 is 5.74. The van der Waals surface area contributed by atoms with Crippen LogP contribution in [0.4, 0.5) is 0 Å². The van der Waals surface area contributed by atoms with Gasteiger partial charge in [0.05, 0.1) is 0 Å². The predicted octanol–water partition coefficient (Wildman–Crippen LogP) is -3.08. The van der Waals surface area contributed by atoms with Gasteiger partial charge in [-0.25, -0.2) is 11.6 Å². The van der Waals surface area contributed by atoms with E-state index in [1.165, 1.54) is 5.57 Å². The third kappa shape index (κ3) is 11.2. The molecule has 0 bridgehead atoms. The molecule has 0 atom stereocenters. The van der Waals surface area contributed by atoms with Gasteiger partial charge in [0.1, 0.15) is 0 Å². The maximum absolute atomic E-state index is 5.74. The number of rotatable bonds is 4. The summed E-state index contributed by atoms with van der Waals surface area (Å²) in [5, 5.41) is 0. The average molecular weight is 300 g/mol. The van der Waals surface area contributed by atoms with Gasteiger partial charge in [0.25, 0.3) is 0 Å². The summed E-state index contributed by atoms with van der Waals surface area (Å²) in [6.45, 7) is 7.52. The number of hydrogen-bond acceptors (Lipinski definition) is 1. The summed E-state index contributed by atoms with van der Waals surface area (Å²) in [5.74, 6) is 0. The zero-order chi connectivity index (χ0) is 9.03. The Morgan fingerprint density at radius 2 is 1.93 bits per heavy atom. The van der Waals surface area contributed by atoms with Gasteiger partial charge in [0, 0.05) is 6.61 Å². The van der Waals surface area contributed by atoms with E-state index in [9.17, 15) is 0 Å². The van der Waals surface area contributed by atoms with Crippen molar-refractivity contribution >= 4 is 8.32 Å². The van der Waals surface area contributed by atoms with Gasteiger partial charge in [0.2, 0.25) is 0 Å². The molecule has 0 unspecified atom stereocenters. The van der Waals surface area contributed by atoms with Crippen LogP contribution in [0, 0.1) is 6.08 Å². The largest absolute Gasteiger partial charge is 3.00 e. The second-order valence-electron chi connectivity index (χ2n) is 4.02. The van der Waals surface area contributed by atoms with E-state index >= 15 is 0 Å². The Balaban J connectivity index is -0.000000480. The van der Waals surface area contributed by atoms with Gasteiger partial charge in [-0.1, -0.05) is 0 Å². The van der Waals surface area contributed by atoms with Crippen LogP contribution in [-0.4, -0.2) is 14.9 Å². The molecular weight excluding hydrogens is 283 g/mol. The molecule has 0 spiro atoms. The first kappa shape index (κ1) is 21.3. The fourth-order valence-corrected chi connectivity index (χ4v) is 1.80. The Morgan fingerprint density at radius 1 is 1.33 bits per heavy atom. The zero-order valence-corrected chi connectivity index (χ0v) is 13.5. The summed E-state index contributed by atoms with van der Waals surface area (Å²) in [4.78, 5) is 0. The Hall–Kier alpha value is 0.951. The van der Waals surface area contributed by atoms with Crippen LogP contribution in [0.25, 0.3) is 0 Å². The molecule has 1 rings (SSSR count). The summed E-state index contributed by atoms with van der Waals surface area (Å²) in [6, 6.07) is 0. The smallest absolute Gasteiger partial charge is 1.00 e. The van der Waals surface area contributed by atoms with Crippen molar-refractivity contribution in [2.24, 2.45) is 0 Å². The summed E-state index contributed by atoms with van der Waals surface area (Å²) in [7, 11) is -1.29.